The Morgan fingerprint density at radius 1 is 1.00 bits per heavy atom. The Balaban J connectivity index is 1.37. The van der Waals surface area contributed by atoms with E-state index in [9.17, 15) is 9.90 Å². The normalized spacial score (nSPS) is 20.6. The number of hydrogen-bond acceptors (Lipinski definition) is 8. The van der Waals surface area contributed by atoms with Crippen molar-refractivity contribution in [2.75, 3.05) is 5.75 Å². The second-order valence-electron chi connectivity index (χ2n) is 10.2. The molecule has 12 heteroatoms. The number of aromatic nitrogens is 2. The molecule has 4 unspecified atom stereocenters. The van der Waals surface area contributed by atoms with E-state index < -0.39 is 16.0 Å². The second kappa shape index (κ2) is 14.3. The summed E-state index contributed by atoms with van der Waals surface area (Å²) >= 11 is 20.3. The number of hydrogen-bond donors (Lipinski definition) is 2. The number of amides is 1. The highest BCUT2D eigenvalue weighted by Crippen LogP contribution is 2.43. The minimum absolute atomic E-state index is 0.0115. The van der Waals surface area contributed by atoms with Crippen LogP contribution in [0.3, 0.4) is 0 Å². The van der Waals surface area contributed by atoms with E-state index in [1.165, 1.54) is 0 Å². The van der Waals surface area contributed by atoms with Gasteiger partial charge < -0.3 is 19.9 Å². The van der Waals surface area contributed by atoms with E-state index in [2.05, 4.69) is 22.4 Å². The summed E-state index contributed by atoms with van der Waals surface area (Å²) in [4.78, 5) is 12.1. The highest BCUT2D eigenvalue weighted by molar-refractivity contribution is 8.01. The molecule has 2 heterocycles. The Morgan fingerprint density at radius 2 is 1.70 bits per heavy atom. The number of aliphatic hydroxyl groups excluding tert-OH is 1. The summed E-state index contributed by atoms with van der Waals surface area (Å²) < 4.78 is 12.0. The number of halogens is 3. The van der Waals surface area contributed by atoms with Crippen LogP contribution in [0, 0.1) is 12.8 Å². The van der Waals surface area contributed by atoms with Gasteiger partial charge in [0.2, 0.25) is 0 Å². The molecule has 0 radical (unpaired) electrons. The predicted octanol–water partition coefficient (Wildman–Crippen LogP) is 7.58. The fourth-order valence-electron chi connectivity index (χ4n) is 4.85. The van der Waals surface area contributed by atoms with Gasteiger partial charge in [0.05, 0.1) is 18.8 Å². The summed E-state index contributed by atoms with van der Waals surface area (Å²) in [5.41, 5.74) is 5.55. The maximum atomic E-state index is 12.1. The zero-order chi connectivity index (χ0) is 30.6. The number of ether oxygens (including phenoxy) is 2. The zero-order valence-corrected chi connectivity index (χ0v) is 27.3. The molecular formula is C31H30Cl3N3O4S2. The topological polar surface area (TPSA) is 93.6 Å². The molecule has 7 nitrogen and oxygen atoms in total. The minimum atomic E-state index is -2.03. The van der Waals surface area contributed by atoms with Gasteiger partial charge in [-0.25, -0.2) is 0 Å². The van der Waals surface area contributed by atoms with E-state index in [4.69, 9.17) is 44.3 Å². The van der Waals surface area contributed by atoms with Crippen LogP contribution in [0.1, 0.15) is 46.6 Å². The lowest BCUT2D eigenvalue weighted by molar-refractivity contribution is -0.268. The molecule has 4 atom stereocenters. The molecule has 0 bridgehead atoms. The van der Waals surface area contributed by atoms with Crippen molar-refractivity contribution in [3.05, 3.63) is 100 Å². The van der Waals surface area contributed by atoms with Crippen molar-refractivity contribution >= 4 is 63.8 Å². The molecule has 0 spiro atoms. The summed E-state index contributed by atoms with van der Waals surface area (Å²) in [7, 11) is 0. The Labute approximate surface area is 273 Å². The van der Waals surface area contributed by atoms with Gasteiger partial charge in [-0.1, -0.05) is 138 Å². The standard InChI is InChI=1S/C31H30Cl3N3O4S2/c1-18-26(17-42-30-37-36-19(2)43-30)40-28(41-27(18)22-9-7-20(16-38)8-10-22)23-13-11-21(12-14-23)25-6-4-3-5-24(25)15-35-29(39)31(32,33)34/h3-14,18,26-28,38H,15-17H2,1-2H3,(H,35,39). The highest BCUT2D eigenvalue weighted by atomic mass is 35.6. The third kappa shape index (κ3) is 8.09. The summed E-state index contributed by atoms with van der Waals surface area (Å²) in [5.74, 6) is 0.0801. The van der Waals surface area contributed by atoms with E-state index in [1.807, 2.05) is 79.7 Å². The summed E-state index contributed by atoms with van der Waals surface area (Å²) in [5, 5.41) is 21.5. The van der Waals surface area contributed by atoms with Crippen LogP contribution in [0.25, 0.3) is 11.1 Å². The fraction of sp³-hybridized carbons (Fsp3) is 0.323. The monoisotopic (exact) mass is 677 g/mol. The number of benzene rings is 3. The van der Waals surface area contributed by atoms with Gasteiger partial charge in [0, 0.05) is 23.8 Å². The molecule has 4 aromatic rings. The Hall–Kier alpha value is -2.21. The molecular weight excluding hydrogens is 649 g/mol. The second-order valence-corrected chi connectivity index (χ2v) is 14.9. The molecule has 43 heavy (non-hydrogen) atoms. The van der Waals surface area contributed by atoms with E-state index in [0.29, 0.717) is 5.75 Å². The molecule has 226 valence electrons. The predicted molar refractivity (Wildman–Crippen MR) is 172 cm³/mol. The lowest BCUT2D eigenvalue weighted by Crippen LogP contribution is -2.38. The molecule has 5 rings (SSSR count). The lowest BCUT2D eigenvalue weighted by atomic mass is 9.91. The Bertz CT molecular complexity index is 1530. The van der Waals surface area contributed by atoms with Crippen LogP contribution in [0.15, 0.2) is 77.1 Å². The molecule has 1 aliphatic heterocycles. The van der Waals surface area contributed by atoms with Gasteiger partial charge in [-0.05, 0) is 34.7 Å². The Kier molecular flexibility index (Phi) is 10.7. The average Bonchev–Trinajstić information content (AvgIpc) is 3.44. The summed E-state index contributed by atoms with van der Waals surface area (Å²) in [6, 6.07) is 23.6. The van der Waals surface area contributed by atoms with Gasteiger partial charge in [-0.15, -0.1) is 10.2 Å². The van der Waals surface area contributed by atoms with Crippen LogP contribution in [0.2, 0.25) is 0 Å². The molecule has 0 saturated carbocycles. The van der Waals surface area contributed by atoms with Gasteiger partial charge in [0.25, 0.3) is 9.70 Å². The Morgan fingerprint density at radius 3 is 2.35 bits per heavy atom. The molecule has 1 aliphatic rings. The van der Waals surface area contributed by atoms with Crippen molar-refractivity contribution in [2.24, 2.45) is 5.92 Å². The van der Waals surface area contributed by atoms with Crippen molar-refractivity contribution in [3.63, 3.8) is 0 Å². The molecule has 3 aromatic carbocycles. The first-order valence-corrected chi connectivity index (χ1v) is 16.5. The van der Waals surface area contributed by atoms with Crippen LogP contribution in [-0.4, -0.2) is 36.9 Å². The first-order valence-electron chi connectivity index (χ1n) is 13.6. The maximum Gasteiger partial charge on any atom is 0.272 e. The first kappa shape index (κ1) is 32.2. The van der Waals surface area contributed by atoms with Gasteiger partial charge in [-0.3, -0.25) is 4.79 Å². The fourth-order valence-corrected chi connectivity index (χ4v) is 7.06. The molecule has 1 amide bonds. The highest BCUT2D eigenvalue weighted by Gasteiger charge is 2.38. The van der Waals surface area contributed by atoms with Crippen molar-refractivity contribution in [1.82, 2.24) is 15.5 Å². The van der Waals surface area contributed by atoms with Crippen LogP contribution < -0.4 is 5.32 Å². The van der Waals surface area contributed by atoms with Gasteiger partial charge in [-0.2, -0.15) is 0 Å². The number of carbonyl (C=O) groups is 1. The lowest BCUT2D eigenvalue weighted by Gasteiger charge is -2.41. The average molecular weight is 679 g/mol. The molecule has 0 aliphatic carbocycles. The largest absolute Gasteiger partial charge is 0.392 e. The quantitative estimate of drug-likeness (QED) is 0.139. The van der Waals surface area contributed by atoms with Crippen LogP contribution in [-0.2, 0) is 27.4 Å². The van der Waals surface area contributed by atoms with E-state index in [1.54, 1.807) is 23.1 Å². The van der Waals surface area contributed by atoms with Gasteiger partial charge >= 0.3 is 0 Å². The van der Waals surface area contributed by atoms with E-state index in [-0.39, 0.29) is 31.3 Å². The number of nitrogens with zero attached hydrogens (tertiary/aromatic N) is 2. The molecule has 1 aromatic heterocycles. The van der Waals surface area contributed by atoms with Crippen molar-refractivity contribution in [2.45, 2.75) is 53.6 Å². The number of thioether (sulfide) groups is 1. The maximum absolute atomic E-state index is 12.1. The van der Waals surface area contributed by atoms with Crippen LogP contribution in [0.4, 0.5) is 0 Å². The van der Waals surface area contributed by atoms with Gasteiger partial charge in [0.1, 0.15) is 5.01 Å². The summed E-state index contributed by atoms with van der Waals surface area (Å²) in [6.07, 6.45) is -0.916. The minimum Gasteiger partial charge on any atom is -0.392 e. The number of alkyl halides is 3. The van der Waals surface area contributed by atoms with Crippen molar-refractivity contribution in [1.29, 1.82) is 0 Å². The molecule has 1 fully saturated rings. The molecule has 2 N–H and O–H groups in total. The number of aryl methyl sites for hydroxylation is 1. The third-order valence-corrected chi connectivity index (χ3v) is 9.79. The first-order chi connectivity index (χ1) is 20.6. The number of aliphatic hydroxyl groups is 1. The van der Waals surface area contributed by atoms with Crippen LogP contribution >= 0.6 is 57.9 Å². The smallest absolute Gasteiger partial charge is 0.272 e. The van der Waals surface area contributed by atoms with Gasteiger partial charge in [0.15, 0.2) is 10.6 Å². The van der Waals surface area contributed by atoms with E-state index >= 15 is 0 Å². The third-order valence-electron chi connectivity index (χ3n) is 7.21. The van der Waals surface area contributed by atoms with Crippen molar-refractivity contribution < 1.29 is 19.4 Å². The number of nitrogens with one attached hydrogen (secondary N) is 1. The number of rotatable bonds is 9. The molecule has 1 saturated heterocycles. The van der Waals surface area contributed by atoms with E-state index in [0.717, 1.165) is 42.7 Å². The van der Waals surface area contributed by atoms with Crippen molar-refractivity contribution in [3.8, 4) is 11.1 Å². The number of carbonyl (C=O) groups excluding carboxylic acids is 1. The SMILES string of the molecule is Cc1nnc(SCC2OC(c3ccc(-c4ccccc4CNC(=O)C(Cl)(Cl)Cl)cc3)OC(c3ccc(CO)cc3)C2C)s1. The zero-order valence-electron chi connectivity index (χ0n) is 23.4. The summed E-state index contributed by atoms with van der Waals surface area (Å²) in [6.45, 7) is 4.28. The van der Waals surface area contributed by atoms with Crippen LogP contribution in [0.5, 0.6) is 0 Å².